The number of carbonyl (C=O) groups is 2. The number of hydrogen-bond donors (Lipinski definition) is 0. The summed E-state index contributed by atoms with van der Waals surface area (Å²) in [5.41, 5.74) is 2.46. The van der Waals surface area contributed by atoms with E-state index in [1.165, 1.54) is 0 Å². The van der Waals surface area contributed by atoms with Gasteiger partial charge in [0.2, 0.25) is 21.8 Å². The number of benzene rings is 2. The molecule has 0 bridgehead atoms. The summed E-state index contributed by atoms with van der Waals surface area (Å²) < 4.78 is 27.5. The monoisotopic (exact) mass is 453 g/mol. The normalized spacial score (nSPS) is 21.8. The molecular weight excluding hydrogens is 426 g/mol. The van der Waals surface area contributed by atoms with Gasteiger partial charge in [-0.3, -0.25) is 9.59 Å². The molecule has 8 heteroatoms. The van der Waals surface area contributed by atoms with Crippen molar-refractivity contribution in [2.24, 2.45) is 5.92 Å². The Balaban J connectivity index is 1.37. The van der Waals surface area contributed by atoms with Crippen LogP contribution in [0.5, 0.6) is 0 Å². The lowest BCUT2D eigenvalue weighted by Crippen LogP contribution is -2.40. The van der Waals surface area contributed by atoms with Crippen LogP contribution in [0.1, 0.15) is 31.2 Å². The molecule has 2 amide bonds. The van der Waals surface area contributed by atoms with E-state index >= 15 is 0 Å². The van der Waals surface area contributed by atoms with Crippen molar-refractivity contribution in [1.82, 2.24) is 4.31 Å². The summed E-state index contributed by atoms with van der Waals surface area (Å²) in [6.07, 6.45) is 3.50. The Morgan fingerprint density at radius 1 is 0.938 bits per heavy atom. The molecular formula is C24H27N3O4S. The fourth-order valence-electron chi connectivity index (χ4n) is 4.99. The fourth-order valence-corrected chi connectivity index (χ4v) is 6.56. The molecule has 2 aromatic carbocycles. The number of anilines is 2. The maximum Gasteiger partial charge on any atom is 0.243 e. The molecule has 0 radical (unpaired) electrons. The van der Waals surface area contributed by atoms with Gasteiger partial charge in [0.25, 0.3) is 0 Å². The van der Waals surface area contributed by atoms with Gasteiger partial charge >= 0.3 is 0 Å². The zero-order valence-electron chi connectivity index (χ0n) is 17.9. The maximum atomic E-state index is 13.4. The number of aryl methyl sites for hydroxylation is 1. The lowest BCUT2D eigenvalue weighted by molar-refractivity contribution is -0.124. The molecule has 2 fully saturated rings. The summed E-state index contributed by atoms with van der Waals surface area (Å²) in [5, 5.41) is 0. The van der Waals surface area contributed by atoms with Crippen LogP contribution in [0.3, 0.4) is 0 Å². The largest absolute Gasteiger partial charge is 0.312 e. The van der Waals surface area contributed by atoms with Crippen molar-refractivity contribution in [3.05, 3.63) is 54.1 Å². The predicted octanol–water partition coefficient (Wildman–Crippen LogP) is 2.80. The van der Waals surface area contributed by atoms with E-state index in [0.29, 0.717) is 31.1 Å². The molecule has 2 aromatic rings. The van der Waals surface area contributed by atoms with E-state index in [9.17, 15) is 18.0 Å². The van der Waals surface area contributed by atoms with E-state index in [4.69, 9.17) is 0 Å². The second kappa shape index (κ2) is 8.33. The van der Waals surface area contributed by atoms with Crippen LogP contribution in [0, 0.1) is 5.92 Å². The minimum Gasteiger partial charge on any atom is -0.312 e. The molecule has 3 heterocycles. The Morgan fingerprint density at radius 2 is 1.69 bits per heavy atom. The van der Waals surface area contributed by atoms with Gasteiger partial charge in [0.15, 0.2) is 0 Å². The van der Waals surface area contributed by atoms with Gasteiger partial charge < -0.3 is 9.80 Å². The summed E-state index contributed by atoms with van der Waals surface area (Å²) in [6.45, 7) is 2.09. The van der Waals surface area contributed by atoms with E-state index in [2.05, 4.69) is 0 Å². The molecule has 1 atom stereocenters. The molecule has 3 aliphatic rings. The Labute approximate surface area is 188 Å². The van der Waals surface area contributed by atoms with Crippen LogP contribution in [0.2, 0.25) is 0 Å². The van der Waals surface area contributed by atoms with Crippen LogP contribution in [0.25, 0.3) is 0 Å². The molecule has 2 saturated heterocycles. The highest BCUT2D eigenvalue weighted by molar-refractivity contribution is 7.89. The van der Waals surface area contributed by atoms with Gasteiger partial charge in [-0.2, -0.15) is 4.31 Å². The summed E-state index contributed by atoms with van der Waals surface area (Å²) in [5.74, 6) is -0.506. The van der Waals surface area contributed by atoms with Crippen LogP contribution in [-0.4, -0.2) is 50.7 Å². The molecule has 32 heavy (non-hydrogen) atoms. The van der Waals surface area contributed by atoms with Gasteiger partial charge in [-0.05, 0) is 61.6 Å². The smallest absolute Gasteiger partial charge is 0.243 e. The number of hydrogen-bond acceptors (Lipinski definition) is 4. The predicted molar refractivity (Wildman–Crippen MR) is 122 cm³/mol. The zero-order valence-corrected chi connectivity index (χ0v) is 18.8. The lowest BCUT2D eigenvalue weighted by Gasteiger charge is -2.32. The second-order valence-corrected chi connectivity index (χ2v) is 10.7. The SMILES string of the molecule is O=C1CC(C(=O)N2CCCc3cc(S(=O)(=O)N4CCCC4)ccc32)CN1c1ccccc1. The summed E-state index contributed by atoms with van der Waals surface area (Å²) in [4.78, 5) is 29.7. The van der Waals surface area contributed by atoms with E-state index in [1.54, 1.807) is 32.3 Å². The first-order chi connectivity index (χ1) is 15.4. The topological polar surface area (TPSA) is 78.0 Å². The highest BCUT2D eigenvalue weighted by atomic mass is 32.2. The minimum absolute atomic E-state index is 0.0427. The molecule has 0 aliphatic carbocycles. The van der Waals surface area contributed by atoms with Crippen LogP contribution >= 0.6 is 0 Å². The molecule has 1 unspecified atom stereocenters. The van der Waals surface area contributed by atoms with E-state index in [0.717, 1.165) is 42.6 Å². The molecule has 7 nitrogen and oxygen atoms in total. The van der Waals surface area contributed by atoms with Crippen molar-refractivity contribution in [1.29, 1.82) is 0 Å². The standard InChI is InChI=1S/C24H27N3O4S/c28-23-16-19(17-27(23)20-8-2-1-3-9-20)24(29)26-14-6-7-18-15-21(10-11-22(18)26)32(30,31)25-12-4-5-13-25/h1-3,8-11,15,19H,4-7,12-14,16-17H2. The highest BCUT2D eigenvalue weighted by Gasteiger charge is 2.39. The number of sulfonamides is 1. The third kappa shape index (κ3) is 3.71. The summed E-state index contributed by atoms with van der Waals surface area (Å²) in [7, 11) is -3.49. The third-order valence-corrected chi connectivity index (χ3v) is 8.58. The first-order valence-electron chi connectivity index (χ1n) is 11.2. The molecule has 0 N–H and O–H groups in total. The van der Waals surface area contributed by atoms with Crippen LogP contribution < -0.4 is 9.80 Å². The van der Waals surface area contributed by atoms with Crippen molar-refractivity contribution in [3.63, 3.8) is 0 Å². The number of nitrogens with zero attached hydrogens (tertiary/aromatic N) is 3. The number of fused-ring (bicyclic) bond motifs is 1. The second-order valence-electron chi connectivity index (χ2n) is 8.74. The Morgan fingerprint density at radius 3 is 2.44 bits per heavy atom. The van der Waals surface area contributed by atoms with Crippen molar-refractivity contribution >= 4 is 33.2 Å². The van der Waals surface area contributed by atoms with Crippen molar-refractivity contribution < 1.29 is 18.0 Å². The van der Waals surface area contributed by atoms with E-state index in [-0.39, 0.29) is 18.2 Å². The van der Waals surface area contributed by atoms with Gasteiger partial charge in [0.1, 0.15) is 0 Å². The molecule has 0 saturated carbocycles. The van der Waals surface area contributed by atoms with E-state index < -0.39 is 15.9 Å². The average Bonchev–Trinajstić information content (AvgIpc) is 3.49. The Kier molecular flexibility index (Phi) is 5.51. The molecule has 0 spiro atoms. The summed E-state index contributed by atoms with van der Waals surface area (Å²) >= 11 is 0. The average molecular weight is 454 g/mol. The number of amides is 2. The van der Waals surface area contributed by atoms with Gasteiger partial charge in [-0.1, -0.05) is 18.2 Å². The van der Waals surface area contributed by atoms with Gasteiger partial charge in [0.05, 0.1) is 10.8 Å². The van der Waals surface area contributed by atoms with Crippen molar-refractivity contribution in [2.75, 3.05) is 36.0 Å². The highest BCUT2D eigenvalue weighted by Crippen LogP contribution is 2.34. The number of rotatable bonds is 4. The lowest BCUT2D eigenvalue weighted by atomic mass is 9.99. The van der Waals surface area contributed by atoms with Crippen molar-refractivity contribution in [2.45, 2.75) is 37.0 Å². The first-order valence-corrected chi connectivity index (χ1v) is 12.7. The summed E-state index contributed by atoms with van der Waals surface area (Å²) in [6, 6.07) is 14.5. The van der Waals surface area contributed by atoms with Crippen LogP contribution in [0.15, 0.2) is 53.4 Å². The molecule has 5 rings (SSSR count). The number of carbonyl (C=O) groups excluding carboxylic acids is 2. The van der Waals surface area contributed by atoms with Gasteiger partial charge in [-0.25, -0.2) is 8.42 Å². The maximum absolute atomic E-state index is 13.4. The van der Waals surface area contributed by atoms with Crippen LogP contribution in [-0.2, 0) is 26.0 Å². The first kappa shape index (κ1) is 21.2. The van der Waals surface area contributed by atoms with E-state index in [1.807, 2.05) is 30.3 Å². The molecule has 3 aliphatic heterocycles. The minimum atomic E-state index is -3.49. The third-order valence-electron chi connectivity index (χ3n) is 6.68. The quantitative estimate of drug-likeness (QED) is 0.713. The Bertz CT molecular complexity index is 1140. The van der Waals surface area contributed by atoms with Gasteiger partial charge in [-0.15, -0.1) is 0 Å². The molecule has 168 valence electrons. The molecule has 0 aromatic heterocycles. The van der Waals surface area contributed by atoms with Crippen molar-refractivity contribution in [3.8, 4) is 0 Å². The zero-order chi connectivity index (χ0) is 22.3. The number of para-hydroxylation sites is 1. The fraction of sp³-hybridized carbons (Fsp3) is 0.417. The van der Waals surface area contributed by atoms with Gasteiger partial charge in [0, 0.05) is 44.0 Å². The Hall–Kier alpha value is -2.71. The van der Waals surface area contributed by atoms with Crippen LogP contribution in [0.4, 0.5) is 11.4 Å².